The van der Waals surface area contributed by atoms with Crippen LogP contribution in [0, 0.1) is 0 Å². The number of phenolic OH excluding ortho intramolecular Hbond substituents is 1. The topological polar surface area (TPSA) is 40.5 Å². The van der Waals surface area contributed by atoms with Gasteiger partial charge in [0.15, 0.2) is 0 Å². The molecule has 1 aromatic rings. The van der Waals surface area contributed by atoms with E-state index in [2.05, 4.69) is 0 Å². The summed E-state index contributed by atoms with van der Waals surface area (Å²) >= 11 is 1.66. The smallest absolute Gasteiger partial charge is 0.227 e. The zero-order valence-corrected chi connectivity index (χ0v) is 9.75. The molecule has 0 aromatic heterocycles. The van der Waals surface area contributed by atoms with E-state index in [1.54, 1.807) is 48.0 Å². The molecule has 0 bridgehead atoms. The molecule has 1 rings (SSSR count). The number of carbonyl (C=O) groups excluding carboxylic acids is 1. The van der Waals surface area contributed by atoms with Crippen LogP contribution in [0.2, 0.25) is 0 Å². The molecule has 0 fully saturated rings. The van der Waals surface area contributed by atoms with E-state index in [0.717, 1.165) is 11.4 Å². The van der Waals surface area contributed by atoms with Gasteiger partial charge < -0.3 is 10.0 Å². The van der Waals surface area contributed by atoms with Crippen LogP contribution in [0.5, 0.6) is 5.75 Å². The summed E-state index contributed by atoms with van der Waals surface area (Å²) in [5.74, 6) is 1.14. The van der Waals surface area contributed by atoms with Gasteiger partial charge in [-0.15, -0.1) is 0 Å². The SMILES string of the molecule is CSCCC(=O)N(C)c1ccc(O)cc1. The fourth-order valence-corrected chi connectivity index (χ4v) is 1.56. The van der Waals surface area contributed by atoms with Crippen LogP contribution >= 0.6 is 11.8 Å². The van der Waals surface area contributed by atoms with Crippen LogP contribution in [0.1, 0.15) is 6.42 Å². The number of hydrogen-bond donors (Lipinski definition) is 1. The summed E-state index contributed by atoms with van der Waals surface area (Å²) in [7, 11) is 1.75. The second-order valence-electron chi connectivity index (χ2n) is 3.21. The summed E-state index contributed by atoms with van der Waals surface area (Å²) in [6.07, 6.45) is 2.52. The van der Waals surface area contributed by atoms with Gasteiger partial charge in [-0.25, -0.2) is 0 Å². The maximum Gasteiger partial charge on any atom is 0.227 e. The monoisotopic (exact) mass is 225 g/mol. The van der Waals surface area contributed by atoms with E-state index in [-0.39, 0.29) is 11.7 Å². The Hall–Kier alpha value is -1.16. The average molecular weight is 225 g/mol. The van der Waals surface area contributed by atoms with Gasteiger partial charge in [0.05, 0.1) is 0 Å². The second-order valence-corrected chi connectivity index (χ2v) is 4.20. The first-order chi connectivity index (χ1) is 7.15. The Balaban J connectivity index is 2.63. The lowest BCUT2D eigenvalue weighted by atomic mass is 10.2. The van der Waals surface area contributed by atoms with Crippen molar-refractivity contribution in [2.75, 3.05) is 24.0 Å². The van der Waals surface area contributed by atoms with E-state index in [1.165, 1.54) is 0 Å². The van der Waals surface area contributed by atoms with Crippen molar-refractivity contribution in [2.24, 2.45) is 0 Å². The third-order valence-electron chi connectivity index (χ3n) is 2.13. The van der Waals surface area contributed by atoms with Gasteiger partial charge in [0.25, 0.3) is 0 Å². The minimum Gasteiger partial charge on any atom is -0.508 e. The number of phenols is 1. The first-order valence-electron chi connectivity index (χ1n) is 4.69. The van der Waals surface area contributed by atoms with Crippen molar-refractivity contribution in [3.63, 3.8) is 0 Å². The largest absolute Gasteiger partial charge is 0.508 e. The maximum absolute atomic E-state index is 11.6. The minimum atomic E-state index is 0.0926. The Kier molecular flexibility index (Phi) is 4.49. The number of thioether (sulfide) groups is 1. The molecule has 15 heavy (non-hydrogen) atoms. The second kappa shape index (κ2) is 5.66. The van der Waals surface area contributed by atoms with Crippen LogP contribution in [-0.4, -0.2) is 30.1 Å². The number of amides is 1. The fraction of sp³-hybridized carbons (Fsp3) is 0.364. The normalized spacial score (nSPS) is 10.0. The molecular weight excluding hydrogens is 210 g/mol. The highest BCUT2D eigenvalue weighted by Gasteiger charge is 2.09. The first-order valence-corrected chi connectivity index (χ1v) is 6.09. The number of carbonyl (C=O) groups is 1. The number of nitrogens with zero attached hydrogens (tertiary/aromatic N) is 1. The Labute approximate surface area is 94.1 Å². The molecule has 0 atom stereocenters. The Bertz CT molecular complexity index is 324. The fourth-order valence-electron chi connectivity index (χ4n) is 1.18. The van der Waals surface area contributed by atoms with Crippen molar-refractivity contribution in [1.29, 1.82) is 0 Å². The molecular formula is C11H15NO2S. The number of aromatic hydroxyl groups is 1. The number of rotatable bonds is 4. The third-order valence-corrected chi connectivity index (χ3v) is 2.74. The van der Waals surface area contributed by atoms with Crippen LogP contribution in [0.15, 0.2) is 24.3 Å². The van der Waals surface area contributed by atoms with Crippen molar-refractivity contribution in [3.8, 4) is 5.75 Å². The van der Waals surface area contributed by atoms with Crippen molar-refractivity contribution in [2.45, 2.75) is 6.42 Å². The highest BCUT2D eigenvalue weighted by Crippen LogP contribution is 2.17. The van der Waals surface area contributed by atoms with E-state index >= 15 is 0 Å². The predicted octanol–water partition coefficient (Wildman–Crippen LogP) is 2.11. The van der Waals surface area contributed by atoms with Crippen LogP contribution in [0.3, 0.4) is 0 Å². The first kappa shape index (κ1) is 11.9. The third kappa shape index (κ3) is 3.47. The summed E-state index contributed by atoms with van der Waals surface area (Å²) in [6.45, 7) is 0. The van der Waals surface area contributed by atoms with Crippen molar-refractivity contribution in [1.82, 2.24) is 0 Å². The highest BCUT2D eigenvalue weighted by atomic mass is 32.2. The van der Waals surface area contributed by atoms with E-state index < -0.39 is 0 Å². The van der Waals surface area contributed by atoms with Gasteiger partial charge >= 0.3 is 0 Å². The summed E-state index contributed by atoms with van der Waals surface area (Å²) < 4.78 is 0. The van der Waals surface area contributed by atoms with E-state index in [9.17, 15) is 4.79 Å². The number of anilines is 1. The van der Waals surface area contributed by atoms with Gasteiger partial charge in [-0.3, -0.25) is 4.79 Å². The average Bonchev–Trinajstić information content (AvgIpc) is 2.26. The van der Waals surface area contributed by atoms with Crippen LogP contribution in [0.25, 0.3) is 0 Å². The lowest BCUT2D eigenvalue weighted by Crippen LogP contribution is -2.26. The lowest BCUT2D eigenvalue weighted by molar-refractivity contribution is -0.117. The molecule has 0 unspecified atom stereocenters. The molecule has 0 aliphatic heterocycles. The molecule has 0 saturated heterocycles. The van der Waals surface area contributed by atoms with Gasteiger partial charge in [0.2, 0.25) is 5.91 Å². The standard InChI is InChI=1S/C11H15NO2S/c1-12(11(14)7-8-15-2)9-3-5-10(13)6-4-9/h3-6,13H,7-8H2,1-2H3. The molecule has 1 N–H and O–H groups in total. The van der Waals surface area contributed by atoms with Gasteiger partial charge in [-0.05, 0) is 30.5 Å². The van der Waals surface area contributed by atoms with Gasteiger partial charge in [-0.1, -0.05) is 0 Å². The summed E-state index contributed by atoms with van der Waals surface area (Å²) in [5.41, 5.74) is 0.805. The van der Waals surface area contributed by atoms with E-state index in [4.69, 9.17) is 5.11 Å². The number of benzene rings is 1. The highest BCUT2D eigenvalue weighted by molar-refractivity contribution is 7.98. The summed E-state index contributed by atoms with van der Waals surface area (Å²) in [4.78, 5) is 13.2. The van der Waals surface area contributed by atoms with Gasteiger partial charge in [0.1, 0.15) is 5.75 Å². The van der Waals surface area contributed by atoms with Crippen LogP contribution in [-0.2, 0) is 4.79 Å². The van der Waals surface area contributed by atoms with E-state index in [1.807, 2.05) is 6.26 Å². The molecule has 0 aliphatic carbocycles. The van der Waals surface area contributed by atoms with Crippen LogP contribution in [0.4, 0.5) is 5.69 Å². The molecule has 3 nitrogen and oxygen atoms in total. The Morgan fingerprint density at radius 3 is 2.53 bits per heavy atom. The lowest BCUT2D eigenvalue weighted by Gasteiger charge is -2.16. The zero-order chi connectivity index (χ0) is 11.3. The molecule has 0 aliphatic rings. The van der Waals surface area contributed by atoms with Crippen molar-refractivity contribution < 1.29 is 9.90 Å². The molecule has 0 saturated carbocycles. The van der Waals surface area contributed by atoms with Gasteiger partial charge in [0, 0.05) is 24.9 Å². The molecule has 0 radical (unpaired) electrons. The number of hydrogen-bond acceptors (Lipinski definition) is 3. The summed E-state index contributed by atoms with van der Waals surface area (Å²) in [5, 5.41) is 9.11. The molecule has 1 amide bonds. The van der Waals surface area contributed by atoms with Crippen LogP contribution < -0.4 is 4.90 Å². The summed E-state index contributed by atoms with van der Waals surface area (Å²) in [6, 6.07) is 6.61. The molecule has 4 heteroatoms. The molecule has 1 aromatic carbocycles. The molecule has 0 spiro atoms. The minimum absolute atomic E-state index is 0.0926. The van der Waals surface area contributed by atoms with E-state index in [0.29, 0.717) is 6.42 Å². The van der Waals surface area contributed by atoms with Gasteiger partial charge in [-0.2, -0.15) is 11.8 Å². The van der Waals surface area contributed by atoms with Crippen molar-refractivity contribution >= 4 is 23.4 Å². The predicted molar refractivity (Wildman–Crippen MR) is 64.5 cm³/mol. The molecule has 82 valence electrons. The zero-order valence-electron chi connectivity index (χ0n) is 8.93. The Morgan fingerprint density at radius 1 is 1.40 bits per heavy atom. The quantitative estimate of drug-likeness (QED) is 0.853. The Morgan fingerprint density at radius 2 is 2.00 bits per heavy atom. The molecule has 0 heterocycles. The van der Waals surface area contributed by atoms with Crippen molar-refractivity contribution in [3.05, 3.63) is 24.3 Å². The maximum atomic E-state index is 11.6.